The Kier molecular flexibility index (Phi) is 4.91. The summed E-state index contributed by atoms with van der Waals surface area (Å²) in [4.78, 5) is 22.8. The third-order valence-electron chi connectivity index (χ3n) is 3.63. The zero-order chi connectivity index (χ0) is 17.1. The molecule has 0 heterocycles. The highest BCUT2D eigenvalue weighted by molar-refractivity contribution is 6.33. The zero-order valence-electron chi connectivity index (χ0n) is 12.7. The zero-order valence-corrected chi connectivity index (χ0v) is 13.5. The lowest BCUT2D eigenvalue weighted by Crippen LogP contribution is -2.12. The van der Waals surface area contributed by atoms with E-state index < -0.39 is 11.9 Å². The van der Waals surface area contributed by atoms with Gasteiger partial charge in [0, 0.05) is 0 Å². The van der Waals surface area contributed by atoms with E-state index in [4.69, 9.17) is 17.3 Å². The monoisotopic (exact) mass is 333 g/mol. The quantitative estimate of drug-likeness (QED) is 0.842. The second kappa shape index (κ2) is 6.71. The highest BCUT2D eigenvalue weighted by atomic mass is 35.5. The first-order chi connectivity index (χ1) is 10.8. The van der Waals surface area contributed by atoms with Gasteiger partial charge in [-0.2, -0.15) is 0 Å². The van der Waals surface area contributed by atoms with Crippen LogP contribution in [0.1, 0.15) is 37.4 Å². The first-order valence-electron chi connectivity index (χ1n) is 6.83. The van der Waals surface area contributed by atoms with Crippen molar-refractivity contribution in [1.82, 2.24) is 0 Å². The third kappa shape index (κ3) is 3.46. The van der Waals surface area contributed by atoms with Crippen molar-refractivity contribution < 1.29 is 19.4 Å². The molecule has 2 aromatic rings. The number of ether oxygens (including phenoxy) is 1. The lowest BCUT2D eigenvalue weighted by atomic mass is 9.96. The maximum atomic E-state index is 11.4. The van der Waals surface area contributed by atoms with Crippen LogP contribution in [0.25, 0.3) is 0 Å². The van der Waals surface area contributed by atoms with Gasteiger partial charge in [0.1, 0.15) is 5.75 Å². The molecular weight excluding hydrogens is 318 g/mol. The van der Waals surface area contributed by atoms with Gasteiger partial charge >= 0.3 is 5.97 Å². The van der Waals surface area contributed by atoms with E-state index in [9.17, 15) is 14.7 Å². The maximum absolute atomic E-state index is 11.4. The van der Waals surface area contributed by atoms with Crippen LogP contribution in [0.3, 0.4) is 0 Å². The molecule has 1 amide bonds. The highest BCUT2D eigenvalue weighted by Gasteiger charge is 2.17. The normalized spacial score (nSPS) is 10.4. The van der Waals surface area contributed by atoms with Crippen LogP contribution in [-0.2, 0) is 11.2 Å². The molecule has 0 aliphatic rings. The number of hydrogen-bond donors (Lipinski definition) is 2. The molecule has 3 N–H and O–H groups in total. The number of phenols is 1. The summed E-state index contributed by atoms with van der Waals surface area (Å²) >= 11 is 6.06. The number of halogens is 1. The van der Waals surface area contributed by atoms with E-state index in [1.165, 1.54) is 13.2 Å². The Hall–Kier alpha value is -2.53. The fourth-order valence-corrected chi connectivity index (χ4v) is 2.48. The van der Waals surface area contributed by atoms with Crippen LogP contribution in [0.15, 0.2) is 30.3 Å². The summed E-state index contributed by atoms with van der Waals surface area (Å²) in [5.41, 5.74) is 8.05. The molecule has 2 rings (SSSR count). The fourth-order valence-electron chi connectivity index (χ4n) is 2.26. The number of nitrogens with two attached hydrogens (primary N) is 1. The van der Waals surface area contributed by atoms with Crippen molar-refractivity contribution in [3.63, 3.8) is 0 Å². The molecule has 23 heavy (non-hydrogen) atoms. The molecule has 0 saturated carbocycles. The van der Waals surface area contributed by atoms with Gasteiger partial charge in [-0.3, -0.25) is 4.79 Å². The Labute approximate surface area is 138 Å². The van der Waals surface area contributed by atoms with Crippen LogP contribution in [0.2, 0.25) is 5.02 Å². The molecule has 6 heteroatoms. The summed E-state index contributed by atoms with van der Waals surface area (Å²) in [5, 5.41) is 9.99. The minimum absolute atomic E-state index is 0.0122. The molecule has 0 bridgehead atoms. The number of esters is 1. The molecule has 0 spiro atoms. The number of primary amides is 1. The fraction of sp³-hybridized carbons (Fsp3) is 0.176. The average molecular weight is 334 g/mol. The van der Waals surface area contributed by atoms with E-state index in [2.05, 4.69) is 4.74 Å². The first-order valence-corrected chi connectivity index (χ1v) is 7.21. The molecule has 0 saturated heterocycles. The number of rotatable bonds is 4. The minimum atomic E-state index is -0.744. The molecule has 5 nitrogen and oxygen atoms in total. The lowest BCUT2D eigenvalue weighted by Gasteiger charge is -2.12. The van der Waals surface area contributed by atoms with Crippen LogP contribution in [-0.4, -0.2) is 24.1 Å². The number of amides is 1. The first kappa shape index (κ1) is 16.8. The van der Waals surface area contributed by atoms with Gasteiger partial charge in [-0.15, -0.1) is 0 Å². The van der Waals surface area contributed by atoms with Gasteiger partial charge in [-0.1, -0.05) is 23.7 Å². The summed E-state index contributed by atoms with van der Waals surface area (Å²) in [6, 6.07) is 8.43. The van der Waals surface area contributed by atoms with Gasteiger partial charge in [-0.25, -0.2) is 4.79 Å². The van der Waals surface area contributed by atoms with E-state index in [-0.39, 0.29) is 16.3 Å². The Balaban J connectivity index is 2.36. The van der Waals surface area contributed by atoms with Crippen LogP contribution in [0, 0.1) is 6.92 Å². The van der Waals surface area contributed by atoms with Crippen LogP contribution >= 0.6 is 11.6 Å². The van der Waals surface area contributed by atoms with E-state index in [1.807, 2.05) is 0 Å². The predicted octanol–water partition coefficient (Wildman–Crippen LogP) is 2.83. The molecule has 0 radical (unpaired) electrons. The summed E-state index contributed by atoms with van der Waals surface area (Å²) in [6.45, 7) is 1.75. The molecule has 0 aromatic heterocycles. The molecule has 0 fully saturated rings. The largest absolute Gasteiger partial charge is 0.506 e. The Morgan fingerprint density at radius 2 is 1.87 bits per heavy atom. The van der Waals surface area contributed by atoms with Crippen molar-refractivity contribution in [2.75, 3.05) is 7.11 Å². The number of hydrogen-bond acceptors (Lipinski definition) is 4. The predicted molar refractivity (Wildman–Crippen MR) is 87.0 cm³/mol. The van der Waals surface area contributed by atoms with Gasteiger partial charge in [0.05, 0.1) is 23.3 Å². The highest BCUT2D eigenvalue weighted by Crippen LogP contribution is 2.34. The van der Waals surface area contributed by atoms with Gasteiger partial charge in [-0.05, 0) is 48.2 Å². The number of carbonyl (C=O) groups excluding carboxylic acids is 2. The van der Waals surface area contributed by atoms with Gasteiger partial charge in [0.2, 0.25) is 0 Å². The van der Waals surface area contributed by atoms with Crippen LogP contribution in [0.5, 0.6) is 5.75 Å². The number of benzene rings is 2. The summed E-state index contributed by atoms with van der Waals surface area (Å²) in [7, 11) is 1.32. The Morgan fingerprint density at radius 1 is 1.26 bits per heavy atom. The van der Waals surface area contributed by atoms with E-state index in [0.29, 0.717) is 17.5 Å². The van der Waals surface area contributed by atoms with Crippen molar-refractivity contribution in [1.29, 1.82) is 0 Å². The molecule has 0 atom stereocenters. The molecule has 2 aromatic carbocycles. The van der Waals surface area contributed by atoms with Crippen molar-refractivity contribution >= 4 is 23.5 Å². The molecule has 0 aliphatic carbocycles. The maximum Gasteiger partial charge on any atom is 0.337 e. The van der Waals surface area contributed by atoms with Gasteiger partial charge in [0.15, 0.2) is 0 Å². The number of aromatic hydroxyl groups is 1. The van der Waals surface area contributed by atoms with Crippen LogP contribution in [0.4, 0.5) is 0 Å². The standard InChI is InChI=1S/C17H16ClNO4/c1-9-12(8-13(16(19)21)15(20)14(9)18)7-10-3-5-11(6-4-10)17(22)23-2/h3-6,8,20H,7H2,1-2H3,(H2,19,21). The van der Waals surface area contributed by atoms with Crippen molar-refractivity contribution in [3.8, 4) is 5.75 Å². The summed E-state index contributed by atoms with van der Waals surface area (Å²) < 4.78 is 4.65. The second-order valence-corrected chi connectivity index (χ2v) is 5.48. The SMILES string of the molecule is COC(=O)c1ccc(Cc2cc(C(N)=O)c(O)c(Cl)c2C)cc1. The lowest BCUT2D eigenvalue weighted by molar-refractivity contribution is 0.0600. The smallest absolute Gasteiger partial charge is 0.337 e. The molecule has 120 valence electrons. The second-order valence-electron chi connectivity index (χ2n) is 5.10. The van der Waals surface area contributed by atoms with E-state index >= 15 is 0 Å². The Morgan fingerprint density at radius 3 is 2.39 bits per heavy atom. The average Bonchev–Trinajstić information content (AvgIpc) is 2.55. The van der Waals surface area contributed by atoms with Crippen molar-refractivity contribution in [2.24, 2.45) is 5.73 Å². The van der Waals surface area contributed by atoms with Crippen LogP contribution < -0.4 is 5.73 Å². The van der Waals surface area contributed by atoms with Crippen molar-refractivity contribution in [3.05, 3.63) is 63.2 Å². The van der Waals surface area contributed by atoms with Crippen molar-refractivity contribution in [2.45, 2.75) is 13.3 Å². The number of carbonyl (C=O) groups is 2. The van der Waals surface area contributed by atoms with E-state index in [1.54, 1.807) is 31.2 Å². The van der Waals surface area contributed by atoms with Gasteiger partial charge < -0.3 is 15.6 Å². The molecule has 0 unspecified atom stereocenters. The minimum Gasteiger partial charge on any atom is -0.506 e. The Bertz CT molecular complexity index is 769. The molecular formula is C17H16ClNO4. The molecule has 0 aliphatic heterocycles. The van der Waals surface area contributed by atoms with E-state index in [0.717, 1.165) is 11.1 Å². The summed E-state index contributed by atoms with van der Waals surface area (Å²) in [5.74, 6) is -1.45. The summed E-state index contributed by atoms with van der Waals surface area (Å²) in [6.07, 6.45) is 0.480. The third-order valence-corrected chi connectivity index (χ3v) is 4.09. The number of methoxy groups -OCH3 is 1. The van der Waals surface area contributed by atoms with Gasteiger partial charge in [0.25, 0.3) is 5.91 Å². The topological polar surface area (TPSA) is 89.6 Å².